The van der Waals surface area contributed by atoms with E-state index in [9.17, 15) is 0 Å². The molecule has 2 heterocycles. The number of aromatic nitrogens is 2. The Kier molecular flexibility index (Phi) is 8.73. The van der Waals surface area contributed by atoms with E-state index in [1.165, 1.54) is 29.7 Å². The topological polar surface area (TPSA) is 53.5 Å². The monoisotopic (exact) mass is 481 g/mol. The number of rotatable bonds is 10. The fourth-order valence-electron chi connectivity index (χ4n) is 4.07. The van der Waals surface area contributed by atoms with Gasteiger partial charge in [0.15, 0.2) is 0 Å². The molecule has 0 amide bonds. The molecule has 6 nitrogen and oxygen atoms in total. The second-order valence-electron chi connectivity index (χ2n) is 8.32. The number of hydrogen-bond acceptors (Lipinski definition) is 7. The van der Waals surface area contributed by atoms with Crippen molar-refractivity contribution in [1.82, 2.24) is 15.3 Å². The molecular weight excluding hydrogens is 449 g/mol. The smallest absolute Gasteiger partial charge is 0.225 e. The van der Waals surface area contributed by atoms with Crippen LogP contribution in [0.3, 0.4) is 0 Å². The molecule has 34 heavy (non-hydrogen) atoms. The van der Waals surface area contributed by atoms with Crippen molar-refractivity contribution in [3.63, 3.8) is 0 Å². The van der Waals surface area contributed by atoms with Gasteiger partial charge >= 0.3 is 0 Å². The minimum atomic E-state index is -0.289. The number of halogens is 1. The van der Waals surface area contributed by atoms with E-state index in [0.29, 0.717) is 28.5 Å². The lowest BCUT2D eigenvalue weighted by Crippen LogP contribution is -2.47. The average molecular weight is 482 g/mol. The van der Waals surface area contributed by atoms with Gasteiger partial charge in [0.05, 0.1) is 12.5 Å². The van der Waals surface area contributed by atoms with Crippen LogP contribution in [0.15, 0.2) is 54.9 Å². The number of piperazine rings is 1. The van der Waals surface area contributed by atoms with Crippen LogP contribution in [0.4, 0.5) is 16.0 Å². The molecular formula is C26H32FN5OS. The van der Waals surface area contributed by atoms with Gasteiger partial charge < -0.3 is 19.3 Å². The first-order valence-corrected chi connectivity index (χ1v) is 12.7. The minimum Gasteiger partial charge on any atom is -0.368 e. The number of benzene rings is 2. The molecule has 1 aliphatic heterocycles. The van der Waals surface area contributed by atoms with Crippen molar-refractivity contribution in [2.45, 2.75) is 26.4 Å². The summed E-state index contributed by atoms with van der Waals surface area (Å²) in [6.07, 6.45) is 5.71. The first kappa shape index (κ1) is 24.4. The van der Waals surface area contributed by atoms with E-state index in [1.54, 1.807) is 24.5 Å². The molecule has 4 rings (SSSR count). The van der Waals surface area contributed by atoms with Crippen LogP contribution in [0.5, 0.6) is 0 Å². The van der Waals surface area contributed by atoms with Crippen LogP contribution in [-0.4, -0.2) is 49.1 Å². The van der Waals surface area contributed by atoms with Gasteiger partial charge in [-0.1, -0.05) is 43.7 Å². The molecule has 1 N–H and O–H groups in total. The summed E-state index contributed by atoms with van der Waals surface area (Å²) in [6.45, 7) is 5.94. The second kappa shape index (κ2) is 12.1. The van der Waals surface area contributed by atoms with Crippen LogP contribution in [0.25, 0.3) is 11.1 Å². The summed E-state index contributed by atoms with van der Waals surface area (Å²) in [5, 5.41) is 2.98. The number of anilines is 2. The zero-order valence-electron chi connectivity index (χ0n) is 19.8. The lowest BCUT2D eigenvalue weighted by molar-refractivity contribution is 0.354. The molecule has 3 aromatic rings. The van der Waals surface area contributed by atoms with Crippen LogP contribution >= 0.6 is 12.0 Å². The SMILES string of the molecule is CCCc1ccc(N2CCN(c3ncc(-c4cccc(COSCNC)c4F)cn3)CC2)cc1. The zero-order chi connectivity index (χ0) is 23.8. The maximum Gasteiger partial charge on any atom is 0.225 e. The van der Waals surface area contributed by atoms with Gasteiger partial charge in [-0.2, -0.15) is 0 Å². The maximum atomic E-state index is 15.0. The number of aryl methyl sites for hydroxylation is 1. The predicted octanol–water partition coefficient (Wildman–Crippen LogP) is 4.90. The largest absolute Gasteiger partial charge is 0.368 e. The van der Waals surface area contributed by atoms with Gasteiger partial charge in [-0.3, -0.25) is 0 Å². The standard InChI is InChI=1S/C26H32FN5OS/c1-3-5-20-8-10-23(11-9-20)31-12-14-32(15-13-31)26-29-16-22(17-30-26)24-7-4-6-21(25(24)27)18-33-34-19-28-2/h4,6-11,16-17,28H,3,5,12-15,18-19H2,1-2H3. The molecule has 1 fully saturated rings. The molecule has 1 saturated heterocycles. The maximum absolute atomic E-state index is 15.0. The zero-order valence-corrected chi connectivity index (χ0v) is 20.7. The van der Waals surface area contributed by atoms with Crippen LogP contribution in [-0.2, 0) is 17.2 Å². The highest BCUT2D eigenvalue weighted by molar-refractivity contribution is 7.94. The van der Waals surface area contributed by atoms with Crippen molar-refractivity contribution >= 4 is 23.7 Å². The Labute approximate surface area is 205 Å². The van der Waals surface area contributed by atoms with Gasteiger partial charge in [-0.15, -0.1) is 0 Å². The first-order valence-electron chi connectivity index (χ1n) is 11.8. The molecule has 180 valence electrons. The lowest BCUT2D eigenvalue weighted by Gasteiger charge is -2.36. The number of hydrogen-bond donors (Lipinski definition) is 1. The third-order valence-electron chi connectivity index (χ3n) is 5.93. The third-order valence-corrected chi connectivity index (χ3v) is 6.62. The molecule has 2 aromatic carbocycles. The van der Waals surface area contributed by atoms with E-state index in [1.807, 2.05) is 13.1 Å². The second-order valence-corrected chi connectivity index (χ2v) is 9.08. The highest BCUT2D eigenvalue weighted by Gasteiger charge is 2.20. The Morgan fingerprint density at radius 1 is 1.00 bits per heavy atom. The highest BCUT2D eigenvalue weighted by atomic mass is 32.2. The molecule has 0 bridgehead atoms. The summed E-state index contributed by atoms with van der Waals surface area (Å²) in [6, 6.07) is 14.2. The third kappa shape index (κ3) is 6.05. The van der Waals surface area contributed by atoms with Crippen LogP contribution < -0.4 is 15.1 Å². The van der Waals surface area contributed by atoms with E-state index in [-0.39, 0.29) is 12.4 Å². The van der Waals surface area contributed by atoms with E-state index in [4.69, 9.17) is 4.18 Å². The molecule has 1 aliphatic rings. The molecule has 0 aliphatic carbocycles. The van der Waals surface area contributed by atoms with Crippen molar-refractivity contribution < 1.29 is 8.57 Å². The number of nitrogens with zero attached hydrogens (tertiary/aromatic N) is 4. The Balaban J connectivity index is 1.36. The van der Waals surface area contributed by atoms with Gasteiger partial charge in [0, 0.05) is 73.0 Å². The van der Waals surface area contributed by atoms with Gasteiger partial charge in [0.25, 0.3) is 0 Å². The number of nitrogens with one attached hydrogen (secondary N) is 1. The van der Waals surface area contributed by atoms with Gasteiger partial charge in [0.2, 0.25) is 5.95 Å². The van der Waals surface area contributed by atoms with E-state index < -0.39 is 0 Å². The van der Waals surface area contributed by atoms with E-state index in [2.05, 4.69) is 56.3 Å². The highest BCUT2D eigenvalue weighted by Crippen LogP contribution is 2.26. The van der Waals surface area contributed by atoms with Crippen molar-refractivity contribution in [1.29, 1.82) is 0 Å². The fourth-order valence-corrected chi connectivity index (χ4v) is 4.48. The molecule has 0 unspecified atom stereocenters. The van der Waals surface area contributed by atoms with E-state index >= 15 is 4.39 Å². The lowest BCUT2D eigenvalue weighted by atomic mass is 10.1. The average Bonchev–Trinajstić information content (AvgIpc) is 2.88. The van der Waals surface area contributed by atoms with Crippen LogP contribution in [0.1, 0.15) is 24.5 Å². The molecule has 0 saturated carbocycles. The van der Waals surface area contributed by atoms with Gasteiger partial charge in [-0.25, -0.2) is 14.4 Å². The van der Waals surface area contributed by atoms with Crippen molar-refractivity contribution in [2.24, 2.45) is 0 Å². The Morgan fingerprint density at radius 3 is 2.38 bits per heavy atom. The molecule has 0 radical (unpaired) electrons. The van der Waals surface area contributed by atoms with E-state index in [0.717, 1.165) is 32.6 Å². The van der Waals surface area contributed by atoms with Crippen LogP contribution in [0.2, 0.25) is 0 Å². The van der Waals surface area contributed by atoms with Gasteiger partial charge in [-0.05, 0) is 31.2 Å². The van der Waals surface area contributed by atoms with Crippen molar-refractivity contribution in [3.05, 3.63) is 71.8 Å². The van der Waals surface area contributed by atoms with Crippen molar-refractivity contribution in [3.8, 4) is 11.1 Å². The predicted molar refractivity (Wildman–Crippen MR) is 139 cm³/mol. The van der Waals surface area contributed by atoms with Crippen LogP contribution in [0, 0.1) is 5.82 Å². The molecule has 1 aromatic heterocycles. The molecule has 0 atom stereocenters. The quantitative estimate of drug-likeness (QED) is 0.251. The minimum absolute atomic E-state index is 0.205. The molecule has 0 spiro atoms. The summed E-state index contributed by atoms with van der Waals surface area (Å²) >= 11 is 1.27. The Bertz CT molecular complexity index is 1040. The Morgan fingerprint density at radius 2 is 1.71 bits per heavy atom. The summed E-state index contributed by atoms with van der Waals surface area (Å²) in [5.74, 6) is 1.04. The van der Waals surface area contributed by atoms with Gasteiger partial charge in [0.1, 0.15) is 5.82 Å². The summed E-state index contributed by atoms with van der Waals surface area (Å²) in [7, 11) is 1.84. The Hall–Kier alpha value is -2.68. The fraction of sp³-hybridized carbons (Fsp3) is 0.385. The summed E-state index contributed by atoms with van der Waals surface area (Å²) in [5.41, 5.74) is 4.32. The van der Waals surface area contributed by atoms with Crippen molar-refractivity contribution in [2.75, 3.05) is 48.9 Å². The normalized spacial score (nSPS) is 14.0. The summed E-state index contributed by atoms with van der Waals surface area (Å²) in [4.78, 5) is 13.7. The molecule has 8 heteroatoms. The first-order chi connectivity index (χ1) is 16.7. The summed E-state index contributed by atoms with van der Waals surface area (Å²) < 4.78 is 20.5.